The van der Waals surface area contributed by atoms with Gasteiger partial charge in [-0.2, -0.15) is 0 Å². The number of hydrogen-bond acceptors (Lipinski definition) is 3. The lowest BCUT2D eigenvalue weighted by Gasteiger charge is -2.30. The zero-order valence-corrected chi connectivity index (χ0v) is 7.95. The maximum absolute atomic E-state index is 11.6. The molecule has 3 nitrogen and oxygen atoms in total. The highest BCUT2D eigenvalue weighted by atomic mass is 16.5. The van der Waals surface area contributed by atoms with Gasteiger partial charge in [-0.15, -0.1) is 0 Å². The molecule has 0 amide bonds. The molecule has 3 unspecified atom stereocenters. The second-order valence-electron chi connectivity index (χ2n) is 4.37. The fraction of sp³-hybridized carbons (Fsp3) is 0.900. The van der Waals surface area contributed by atoms with Crippen LogP contribution >= 0.6 is 0 Å². The molecule has 0 spiro atoms. The van der Waals surface area contributed by atoms with Gasteiger partial charge in [0.15, 0.2) is 0 Å². The number of aliphatic hydroxyl groups is 1. The van der Waals surface area contributed by atoms with E-state index in [0.29, 0.717) is 5.92 Å². The molecule has 0 aromatic heterocycles. The standard InChI is InChI=1S/C10H16O3/c1-13-9(12)10-3-2-7(5-10)4-8(10)6-11/h7-8,11H,2-6H2,1H3. The van der Waals surface area contributed by atoms with Gasteiger partial charge in [0, 0.05) is 6.61 Å². The quantitative estimate of drug-likeness (QED) is 0.650. The first-order valence-corrected chi connectivity index (χ1v) is 4.92. The van der Waals surface area contributed by atoms with Gasteiger partial charge < -0.3 is 9.84 Å². The van der Waals surface area contributed by atoms with E-state index in [1.54, 1.807) is 0 Å². The van der Waals surface area contributed by atoms with Crippen LogP contribution in [-0.4, -0.2) is 24.8 Å². The first-order chi connectivity index (χ1) is 6.23. The van der Waals surface area contributed by atoms with E-state index in [1.165, 1.54) is 7.11 Å². The molecular formula is C10H16O3. The lowest BCUT2D eigenvalue weighted by atomic mass is 9.75. The Hall–Kier alpha value is -0.570. The van der Waals surface area contributed by atoms with E-state index in [-0.39, 0.29) is 23.9 Å². The fourth-order valence-electron chi connectivity index (χ4n) is 3.19. The fourth-order valence-corrected chi connectivity index (χ4v) is 3.19. The van der Waals surface area contributed by atoms with Crippen LogP contribution < -0.4 is 0 Å². The third-order valence-corrected chi connectivity index (χ3v) is 3.86. The molecule has 2 rings (SSSR count). The van der Waals surface area contributed by atoms with E-state index < -0.39 is 0 Å². The summed E-state index contributed by atoms with van der Waals surface area (Å²) in [4.78, 5) is 11.6. The highest BCUT2D eigenvalue weighted by Crippen LogP contribution is 2.57. The summed E-state index contributed by atoms with van der Waals surface area (Å²) in [5.74, 6) is 0.696. The Bertz CT molecular complexity index is 226. The summed E-state index contributed by atoms with van der Waals surface area (Å²) in [7, 11) is 1.44. The maximum atomic E-state index is 11.6. The maximum Gasteiger partial charge on any atom is 0.312 e. The van der Waals surface area contributed by atoms with Crippen molar-refractivity contribution >= 4 is 5.97 Å². The number of carbonyl (C=O) groups excluding carboxylic acids is 1. The van der Waals surface area contributed by atoms with Crippen molar-refractivity contribution in [2.45, 2.75) is 25.7 Å². The Labute approximate surface area is 78.1 Å². The van der Waals surface area contributed by atoms with Gasteiger partial charge in [-0.3, -0.25) is 4.79 Å². The summed E-state index contributed by atoms with van der Waals surface area (Å²) in [6, 6.07) is 0. The molecule has 2 bridgehead atoms. The molecule has 0 aliphatic heterocycles. The Morgan fingerprint density at radius 2 is 2.46 bits per heavy atom. The van der Waals surface area contributed by atoms with E-state index >= 15 is 0 Å². The molecule has 3 atom stereocenters. The molecule has 2 aliphatic carbocycles. The number of fused-ring (bicyclic) bond motifs is 2. The van der Waals surface area contributed by atoms with Crippen LogP contribution in [0.5, 0.6) is 0 Å². The van der Waals surface area contributed by atoms with Crippen molar-refractivity contribution in [2.24, 2.45) is 17.3 Å². The Morgan fingerprint density at radius 1 is 1.69 bits per heavy atom. The number of aliphatic hydroxyl groups excluding tert-OH is 1. The summed E-state index contributed by atoms with van der Waals surface area (Å²) in [6.07, 6.45) is 3.98. The average molecular weight is 184 g/mol. The Balaban J connectivity index is 2.22. The molecule has 2 aliphatic rings. The van der Waals surface area contributed by atoms with Crippen molar-refractivity contribution in [3.63, 3.8) is 0 Å². The predicted molar refractivity (Wildman–Crippen MR) is 47.0 cm³/mol. The van der Waals surface area contributed by atoms with Crippen LogP contribution in [0.2, 0.25) is 0 Å². The van der Waals surface area contributed by atoms with Crippen LogP contribution in [0.25, 0.3) is 0 Å². The molecule has 0 saturated heterocycles. The topological polar surface area (TPSA) is 46.5 Å². The van der Waals surface area contributed by atoms with Gasteiger partial charge >= 0.3 is 5.97 Å². The number of carbonyl (C=O) groups is 1. The number of hydrogen-bond donors (Lipinski definition) is 1. The monoisotopic (exact) mass is 184 g/mol. The predicted octanol–water partition coefficient (Wildman–Crippen LogP) is 0.958. The van der Waals surface area contributed by atoms with Crippen molar-refractivity contribution in [1.82, 2.24) is 0 Å². The SMILES string of the molecule is COC(=O)C12CCC(CC1CO)C2. The van der Waals surface area contributed by atoms with Crippen LogP contribution in [0.15, 0.2) is 0 Å². The minimum absolute atomic E-state index is 0.105. The van der Waals surface area contributed by atoms with Gasteiger partial charge in [-0.25, -0.2) is 0 Å². The van der Waals surface area contributed by atoms with Gasteiger partial charge in [0.1, 0.15) is 0 Å². The van der Waals surface area contributed by atoms with E-state index in [9.17, 15) is 9.90 Å². The lowest BCUT2D eigenvalue weighted by Crippen LogP contribution is -2.36. The van der Waals surface area contributed by atoms with Crippen molar-refractivity contribution in [1.29, 1.82) is 0 Å². The molecule has 0 heterocycles. The van der Waals surface area contributed by atoms with E-state index in [4.69, 9.17) is 4.74 Å². The van der Waals surface area contributed by atoms with Crippen molar-refractivity contribution < 1.29 is 14.6 Å². The number of methoxy groups -OCH3 is 1. The van der Waals surface area contributed by atoms with Gasteiger partial charge in [0.2, 0.25) is 0 Å². The summed E-state index contributed by atoms with van der Waals surface area (Å²) in [5, 5.41) is 9.19. The van der Waals surface area contributed by atoms with Crippen LogP contribution in [0, 0.1) is 17.3 Å². The smallest absolute Gasteiger partial charge is 0.312 e. The van der Waals surface area contributed by atoms with E-state index in [2.05, 4.69) is 0 Å². The average Bonchev–Trinajstić information content (AvgIpc) is 2.73. The minimum atomic E-state index is -0.325. The first-order valence-electron chi connectivity index (χ1n) is 4.92. The van der Waals surface area contributed by atoms with Crippen molar-refractivity contribution in [2.75, 3.05) is 13.7 Å². The van der Waals surface area contributed by atoms with Gasteiger partial charge in [-0.05, 0) is 37.5 Å². The zero-order chi connectivity index (χ0) is 9.47. The molecule has 2 fully saturated rings. The van der Waals surface area contributed by atoms with Crippen LogP contribution in [0.4, 0.5) is 0 Å². The molecule has 0 aromatic carbocycles. The molecule has 2 saturated carbocycles. The van der Waals surface area contributed by atoms with Crippen molar-refractivity contribution in [3.05, 3.63) is 0 Å². The number of rotatable bonds is 2. The molecule has 13 heavy (non-hydrogen) atoms. The highest BCUT2D eigenvalue weighted by Gasteiger charge is 2.57. The van der Waals surface area contributed by atoms with Gasteiger partial charge in [-0.1, -0.05) is 0 Å². The third kappa shape index (κ3) is 1.10. The lowest BCUT2D eigenvalue weighted by molar-refractivity contribution is -0.156. The summed E-state index contributed by atoms with van der Waals surface area (Å²) in [6.45, 7) is 0.131. The minimum Gasteiger partial charge on any atom is -0.469 e. The van der Waals surface area contributed by atoms with Crippen molar-refractivity contribution in [3.8, 4) is 0 Å². The highest BCUT2D eigenvalue weighted by molar-refractivity contribution is 5.78. The van der Waals surface area contributed by atoms with Crippen LogP contribution in [0.1, 0.15) is 25.7 Å². The number of esters is 1. The van der Waals surface area contributed by atoms with E-state index in [0.717, 1.165) is 25.7 Å². The molecule has 74 valence electrons. The molecule has 0 aromatic rings. The zero-order valence-electron chi connectivity index (χ0n) is 7.95. The molecular weight excluding hydrogens is 168 g/mol. The van der Waals surface area contributed by atoms with Gasteiger partial charge in [0.25, 0.3) is 0 Å². The molecule has 3 heteroatoms. The van der Waals surface area contributed by atoms with E-state index in [1.807, 2.05) is 0 Å². The first kappa shape index (κ1) is 9.00. The Morgan fingerprint density at radius 3 is 3.00 bits per heavy atom. The van der Waals surface area contributed by atoms with Crippen LogP contribution in [0.3, 0.4) is 0 Å². The summed E-state index contributed by atoms with van der Waals surface area (Å²) >= 11 is 0. The largest absolute Gasteiger partial charge is 0.469 e. The normalized spacial score (nSPS) is 42.3. The summed E-state index contributed by atoms with van der Waals surface area (Å²) in [5.41, 5.74) is -0.325. The second kappa shape index (κ2) is 2.98. The Kier molecular flexibility index (Phi) is 2.06. The second-order valence-corrected chi connectivity index (χ2v) is 4.37. The number of ether oxygens (including phenoxy) is 1. The third-order valence-electron chi connectivity index (χ3n) is 3.86. The summed E-state index contributed by atoms with van der Waals surface area (Å²) < 4.78 is 4.84. The van der Waals surface area contributed by atoms with Crippen LogP contribution in [-0.2, 0) is 9.53 Å². The van der Waals surface area contributed by atoms with Gasteiger partial charge in [0.05, 0.1) is 12.5 Å². The molecule has 0 radical (unpaired) electrons. The molecule has 1 N–H and O–H groups in total.